The Kier molecular flexibility index (Phi) is 5.30. The third-order valence-electron chi connectivity index (χ3n) is 1.75. The Hall–Kier alpha value is -1.60. The number of rotatable bonds is 7. The minimum Gasteiger partial charge on any atom is -0.474 e. The van der Waals surface area contributed by atoms with Crippen molar-refractivity contribution in [1.82, 2.24) is 9.97 Å². The normalized spacial score (nSPS) is 10.3. The van der Waals surface area contributed by atoms with Crippen LogP contribution in [0.4, 0.5) is 5.69 Å². The molecule has 0 aliphatic carbocycles. The summed E-state index contributed by atoms with van der Waals surface area (Å²) in [5.74, 6) is 0.124. The van der Waals surface area contributed by atoms with Crippen LogP contribution in [0.3, 0.4) is 0 Å². The molecule has 0 atom stereocenters. The van der Waals surface area contributed by atoms with Crippen molar-refractivity contribution in [2.24, 2.45) is 0 Å². The van der Waals surface area contributed by atoms with Crippen LogP contribution in [0.5, 0.6) is 5.88 Å². The topological polar surface area (TPSA) is 99.5 Å². The molecule has 1 aromatic rings. The molecule has 1 aromatic heterocycles. The van der Waals surface area contributed by atoms with E-state index in [4.69, 9.17) is 19.9 Å². The maximum Gasteiger partial charge on any atom is 0.277 e. The fourth-order valence-electron chi connectivity index (χ4n) is 0.951. The first kappa shape index (κ1) is 12.5. The molecule has 90 valence electrons. The van der Waals surface area contributed by atoms with Crippen LogP contribution < -0.4 is 16.0 Å². The van der Waals surface area contributed by atoms with Crippen molar-refractivity contribution in [3.63, 3.8) is 0 Å². The van der Waals surface area contributed by atoms with E-state index in [1.165, 1.54) is 6.33 Å². The monoisotopic (exact) mass is 229 g/mol. The Morgan fingerprint density at radius 2 is 2.12 bits per heavy atom. The van der Waals surface area contributed by atoms with Gasteiger partial charge >= 0.3 is 0 Å². The summed E-state index contributed by atoms with van der Waals surface area (Å²) < 4.78 is 15.1. The number of aromatic nitrogens is 2. The van der Waals surface area contributed by atoms with E-state index in [1.807, 2.05) is 0 Å². The highest BCUT2D eigenvalue weighted by atomic mass is 16.5. The number of hydrogen-bond acceptors (Lipinski definition) is 6. The summed E-state index contributed by atoms with van der Waals surface area (Å²) in [6.07, 6.45) is 1.24. The molecular weight excluding hydrogens is 214 g/mol. The van der Waals surface area contributed by atoms with Gasteiger partial charge in [-0.3, -0.25) is 4.79 Å². The Morgan fingerprint density at radius 3 is 2.88 bits per heavy atom. The predicted octanol–water partition coefficient (Wildman–Crippen LogP) is -0.606. The lowest BCUT2D eigenvalue weighted by Gasteiger charge is -2.06. The van der Waals surface area contributed by atoms with E-state index in [0.29, 0.717) is 19.8 Å². The Balaban J connectivity index is 2.27. The van der Waals surface area contributed by atoms with Gasteiger partial charge in [-0.15, -0.1) is 0 Å². The molecule has 0 spiro atoms. The second kappa shape index (κ2) is 6.81. The first-order valence-electron chi connectivity index (χ1n) is 4.78. The average molecular weight is 229 g/mol. The third-order valence-corrected chi connectivity index (χ3v) is 1.75. The molecule has 0 saturated carbocycles. The molecular formula is C9H15N3O4. The van der Waals surface area contributed by atoms with Crippen molar-refractivity contribution in [2.45, 2.75) is 0 Å². The maximum absolute atomic E-state index is 11.1. The largest absolute Gasteiger partial charge is 0.474 e. The highest BCUT2D eigenvalue weighted by Crippen LogP contribution is 2.09. The quantitative estimate of drug-likeness (QED) is 0.605. The highest BCUT2D eigenvalue weighted by molar-refractivity contribution is 5.44. The van der Waals surface area contributed by atoms with Crippen molar-refractivity contribution in [2.75, 3.05) is 39.3 Å². The van der Waals surface area contributed by atoms with Gasteiger partial charge in [0.25, 0.3) is 5.56 Å². The molecule has 3 N–H and O–H groups in total. The van der Waals surface area contributed by atoms with E-state index in [2.05, 4.69) is 9.97 Å². The number of aromatic amines is 1. The van der Waals surface area contributed by atoms with E-state index in [1.54, 1.807) is 7.11 Å². The molecule has 0 unspecified atom stereocenters. The third kappa shape index (κ3) is 3.87. The molecule has 0 aromatic carbocycles. The fourth-order valence-corrected chi connectivity index (χ4v) is 0.951. The number of nitrogens with zero attached hydrogens (tertiary/aromatic N) is 1. The smallest absolute Gasteiger partial charge is 0.277 e. The number of H-pyrrole nitrogens is 1. The summed E-state index contributed by atoms with van der Waals surface area (Å²) in [4.78, 5) is 17.2. The summed E-state index contributed by atoms with van der Waals surface area (Å²) in [6.45, 7) is 1.70. The van der Waals surface area contributed by atoms with Crippen molar-refractivity contribution < 1.29 is 14.2 Å². The van der Waals surface area contributed by atoms with Gasteiger partial charge in [0.1, 0.15) is 6.61 Å². The van der Waals surface area contributed by atoms with Crippen molar-refractivity contribution in [1.29, 1.82) is 0 Å². The van der Waals surface area contributed by atoms with Crippen LogP contribution in [0.1, 0.15) is 0 Å². The molecule has 0 aliphatic heterocycles. The zero-order valence-electron chi connectivity index (χ0n) is 9.06. The number of ether oxygens (including phenoxy) is 3. The number of nitrogens with one attached hydrogen (secondary N) is 1. The maximum atomic E-state index is 11.1. The number of anilines is 1. The van der Waals surface area contributed by atoms with Gasteiger partial charge in [0.05, 0.1) is 26.1 Å². The van der Waals surface area contributed by atoms with Gasteiger partial charge in [0, 0.05) is 7.11 Å². The van der Waals surface area contributed by atoms with Crippen LogP contribution in [0.15, 0.2) is 11.1 Å². The fraction of sp³-hybridized carbons (Fsp3) is 0.556. The van der Waals surface area contributed by atoms with Gasteiger partial charge < -0.3 is 24.9 Å². The highest BCUT2D eigenvalue weighted by Gasteiger charge is 2.04. The second-order valence-corrected chi connectivity index (χ2v) is 2.90. The van der Waals surface area contributed by atoms with Crippen LogP contribution in [-0.4, -0.2) is 43.5 Å². The van der Waals surface area contributed by atoms with Crippen LogP contribution in [0.25, 0.3) is 0 Å². The minimum atomic E-state index is -0.412. The number of hydrogen-bond donors (Lipinski definition) is 2. The minimum absolute atomic E-state index is 0.0283. The molecule has 7 heteroatoms. The van der Waals surface area contributed by atoms with Crippen LogP contribution in [-0.2, 0) is 9.47 Å². The lowest BCUT2D eigenvalue weighted by Crippen LogP contribution is -2.16. The molecule has 0 aliphatic rings. The molecule has 1 rings (SSSR count). The average Bonchev–Trinajstić information content (AvgIpc) is 2.29. The Bertz CT molecular complexity index is 366. The van der Waals surface area contributed by atoms with Gasteiger partial charge in [0.15, 0.2) is 5.69 Å². The van der Waals surface area contributed by atoms with Crippen LogP contribution in [0, 0.1) is 0 Å². The number of nitrogens with two attached hydrogens (primary N) is 1. The standard InChI is InChI=1S/C9H15N3O4/c1-14-2-3-15-4-5-16-9-7(10)8(13)11-6-12-9/h6H,2-5,10H2,1H3,(H,11,12,13). The molecule has 0 amide bonds. The van der Waals surface area contributed by atoms with Crippen molar-refractivity contribution in [3.8, 4) is 5.88 Å². The molecule has 7 nitrogen and oxygen atoms in total. The van der Waals surface area contributed by atoms with Crippen LogP contribution in [0.2, 0.25) is 0 Å². The zero-order chi connectivity index (χ0) is 11.8. The van der Waals surface area contributed by atoms with Crippen molar-refractivity contribution >= 4 is 5.69 Å². The van der Waals surface area contributed by atoms with E-state index in [0.717, 1.165) is 0 Å². The second-order valence-electron chi connectivity index (χ2n) is 2.90. The molecule has 1 heterocycles. The predicted molar refractivity (Wildman–Crippen MR) is 57.5 cm³/mol. The molecule has 0 radical (unpaired) electrons. The summed E-state index contributed by atoms with van der Waals surface area (Å²) in [7, 11) is 1.60. The molecule has 0 bridgehead atoms. The SMILES string of the molecule is COCCOCCOc1nc[nH]c(=O)c1N. The van der Waals surface area contributed by atoms with E-state index in [-0.39, 0.29) is 18.2 Å². The first-order valence-corrected chi connectivity index (χ1v) is 4.78. The van der Waals surface area contributed by atoms with E-state index < -0.39 is 5.56 Å². The summed E-state index contributed by atoms with van der Waals surface area (Å²) in [6, 6.07) is 0. The zero-order valence-corrected chi connectivity index (χ0v) is 9.06. The van der Waals surface area contributed by atoms with Gasteiger partial charge in [-0.2, -0.15) is 0 Å². The summed E-state index contributed by atoms with van der Waals surface area (Å²) >= 11 is 0. The summed E-state index contributed by atoms with van der Waals surface area (Å²) in [5.41, 5.74) is 5.01. The van der Waals surface area contributed by atoms with E-state index in [9.17, 15) is 4.79 Å². The lowest BCUT2D eigenvalue weighted by atomic mass is 10.5. The van der Waals surface area contributed by atoms with Crippen molar-refractivity contribution in [3.05, 3.63) is 16.7 Å². The Labute approximate surface area is 92.5 Å². The van der Waals surface area contributed by atoms with Gasteiger partial charge in [-0.1, -0.05) is 0 Å². The van der Waals surface area contributed by atoms with Gasteiger partial charge in [0.2, 0.25) is 5.88 Å². The van der Waals surface area contributed by atoms with E-state index >= 15 is 0 Å². The Morgan fingerprint density at radius 1 is 1.38 bits per heavy atom. The number of nitrogen functional groups attached to an aromatic ring is 1. The summed E-state index contributed by atoms with van der Waals surface area (Å²) in [5, 5.41) is 0. The van der Waals surface area contributed by atoms with Gasteiger partial charge in [-0.05, 0) is 0 Å². The number of methoxy groups -OCH3 is 1. The molecule has 0 fully saturated rings. The molecule has 16 heavy (non-hydrogen) atoms. The lowest BCUT2D eigenvalue weighted by molar-refractivity contribution is 0.0538. The van der Waals surface area contributed by atoms with Crippen LogP contribution >= 0.6 is 0 Å². The first-order chi connectivity index (χ1) is 7.75. The molecule has 0 saturated heterocycles. The van der Waals surface area contributed by atoms with Gasteiger partial charge in [-0.25, -0.2) is 4.98 Å².